The highest BCUT2D eigenvalue weighted by atomic mass is 35.5. The topological polar surface area (TPSA) is 85.6 Å². The van der Waals surface area contributed by atoms with Crippen molar-refractivity contribution in [2.45, 2.75) is 68.6 Å². The van der Waals surface area contributed by atoms with Crippen LogP contribution in [-0.2, 0) is 29.5 Å². The van der Waals surface area contributed by atoms with Crippen LogP contribution in [0.2, 0.25) is 10.0 Å². The van der Waals surface area contributed by atoms with Crippen molar-refractivity contribution in [3.63, 3.8) is 0 Å². The average molecular weight is 614 g/mol. The molecule has 42 heavy (non-hydrogen) atoms. The molecule has 8 nitrogen and oxygen atoms in total. The number of ether oxygens (including phenoxy) is 1. The molecule has 0 bridgehead atoms. The highest BCUT2D eigenvalue weighted by molar-refractivity contribution is 6.35. The lowest BCUT2D eigenvalue weighted by molar-refractivity contribution is -0.128. The largest absolute Gasteiger partial charge is 0.462 e. The van der Waals surface area contributed by atoms with Crippen molar-refractivity contribution in [3.05, 3.63) is 57.2 Å². The number of alkyl halides is 1. The van der Waals surface area contributed by atoms with Crippen LogP contribution in [-0.4, -0.2) is 83.8 Å². The van der Waals surface area contributed by atoms with Gasteiger partial charge in [0.25, 0.3) is 0 Å². The van der Waals surface area contributed by atoms with Crippen LogP contribution in [0.4, 0.5) is 10.2 Å². The summed E-state index contributed by atoms with van der Waals surface area (Å²) in [5.74, 6) is 0.622. The molecule has 2 fully saturated rings. The summed E-state index contributed by atoms with van der Waals surface area (Å²) in [6, 6.07) is 6.05. The van der Waals surface area contributed by atoms with E-state index in [0.29, 0.717) is 55.7 Å². The number of anilines is 1. The number of amides is 1. The molecule has 2 saturated heterocycles. The summed E-state index contributed by atoms with van der Waals surface area (Å²) < 4.78 is 20.2. The summed E-state index contributed by atoms with van der Waals surface area (Å²) in [5.41, 5.74) is 4.25. The number of carbonyl (C=O) groups is 1. The molecular weight excluding hydrogens is 578 g/mol. The number of nitriles is 1. The van der Waals surface area contributed by atoms with E-state index in [1.165, 1.54) is 17.2 Å². The number of likely N-dealkylation sites (N-methyl/N-ethyl adjacent to an activating group) is 1. The average Bonchev–Trinajstić information content (AvgIpc) is 3.48. The van der Waals surface area contributed by atoms with Crippen molar-refractivity contribution < 1.29 is 13.9 Å². The minimum absolute atomic E-state index is 0.0480. The zero-order valence-electron chi connectivity index (χ0n) is 23.8. The smallest absolute Gasteiger partial charge is 0.318 e. The molecule has 1 aromatic heterocycles. The Morgan fingerprint density at radius 2 is 2.05 bits per heavy atom. The molecule has 4 aliphatic rings. The molecule has 2 aliphatic heterocycles. The third-order valence-electron chi connectivity index (χ3n) is 9.56. The zero-order valence-corrected chi connectivity index (χ0v) is 25.3. The van der Waals surface area contributed by atoms with Crippen LogP contribution in [0.25, 0.3) is 0 Å². The maximum absolute atomic E-state index is 14.0. The van der Waals surface area contributed by atoms with Gasteiger partial charge >= 0.3 is 6.01 Å². The molecule has 1 aromatic carbocycles. The number of aromatic nitrogens is 2. The molecule has 1 amide bonds. The summed E-state index contributed by atoms with van der Waals surface area (Å²) in [4.78, 5) is 28.2. The minimum Gasteiger partial charge on any atom is -0.462 e. The van der Waals surface area contributed by atoms with Gasteiger partial charge in [-0.15, -0.1) is 0 Å². The molecule has 222 valence electrons. The number of benzene rings is 1. The van der Waals surface area contributed by atoms with E-state index in [0.717, 1.165) is 42.8 Å². The predicted octanol–water partition coefficient (Wildman–Crippen LogP) is 4.69. The lowest BCUT2D eigenvalue weighted by Crippen LogP contribution is -2.55. The van der Waals surface area contributed by atoms with E-state index >= 15 is 0 Å². The molecule has 11 heteroatoms. The Morgan fingerprint density at radius 1 is 1.24 bits per heavy atom. The molecule has 0 saturated carbocycles. The monoisotopic (exact) mass is 612 g/mol. The molecule has 6 rings (SSSR count). The maximum atomic E-state index is 14.0. The Morgan fingerprint density at radius 3 is 2.79 bits per heavy atom. The van der Waals surface area contributed by atoms with Crippen molar-refractivity contribution in [3.8, 4) is 12.1 Å². The van der Waals surface area contributed by atoms with Crippen molar-refractivity contribution in [1.82, 2.24) is 19.8 Å². The fourth-order valence-electron chi connectivity index (χ4n) is 7.45. The van der Waals surface area contributed by atoms with Gasteiger partial charge in [-0.3, -0.25) is 9.69 Å². The van der Waals surface area contributed by atoms with Crippen molar-refractivity contribution in [2.75, 3.05) is 44.7 Å². The standard InChI is InChI=1S/C31H35Cl2FN6O2/c1-3-27(41)40-11-10-39(17-22(40)6-9-35)29-24-5-8-31(7-4-19-12-20(32)13-25(33)28(19)31)15-26(24)36-30(37-29)42-18-23-14-21(34)16-38(23)2/h3,12-13,21-23H,1,4-8,10-11,14-18H2,2H3. The van der Waals surface area contributed by atoms with Gasteiger partial charge in [0.05, 0.1) is 24.2 Å². The van der Waals surface area contributed by atoms with Gasteiger partial charge in [-0.2, -0.15) is 15.2 Å². The van der Waals surface area contributed by atoms with Gasteiger partial charge < -0.3 is 14.5 Å². The number of hydrogen-bond donors (Lipinski definition) is 0. The van der Waals surface area contributed by atoms with Gasteiger partial charge in [0, 0.05) is 59.7 Å². The first-order valence-corrected chi connectivity index (χ1v) is 15.4. The Kier molecular flexibility index (Phi) is 8.07. The summed E-state index contributed by atoms with van der Waals surface area (Å²) >= 11 is 13.1. The van der Waals surface area contributed by atoms with Gasteiger partial charge in [-0.25, -0.2) is 4.39 Å². The molecule has 4 atom stereocenters. The molecule has 0 N–H and O–H groups in total. The molecule has 4 unspecified atom stereocenters. The second-order valence-electron chi connectivity index (χ2n) is 12.1. The first kappa shape index (κ1) is 29.2. The third kappa shape index (κ3) is 5.34. The van der Waals surface area contributed by atoms with E-state index in [-0.39, 0.29) is 35.8 Å². The Hall–Kier alpha value is -2.93. The molecule has 0 radical (unpaired) electrons. The second-order valence-corrected chi connectivity index (χ2v) is 12.9. The lowest BCUT2D eigenvalue weighted by atomic mass is 9.69. The number of aryl methyl sites for hydroxylation is 1. The van der Waals surface area contributed by atoms with Gasteiger partial charge in [-0.05, 0) is 68.5 Å². The Labute approximate surface area is 256 Å². The number of hydrogen-bond acceptors (Lipinski definition) is 7. The van der Waals surface area contributed by atoms with Gasteiger partial charge in [0.1, 0.15) is 18.6 Å². The van der Waals surface area contributed by atoms with Gasteiger partial charge in [-0.1, -0.05) is 29.8 Å². The fourth-order valence-corrected chi connectivity index (χ4v) is 8.19. The quantitative estimate of drug-likeness (QED) is 0.437. The highest BCUT2D eigenvalue weighted by Crippen LogP contribution is 2.51. The van der Waals surface area contributed by atoms with E-state index in [1.807, 2.05) is 24.1 Å². The minimum atomic E-state index is -0.865. The van der Waals surface area contributed by atoms with E-state index in [9.17, 15) is 14.4 Å². The van der Waals surface area contributed by atoms with Crippen LogP contribution in [0.5, 0.6) is 6.01 Å². The number of carbonyl (C=O) groups excluding carboxylic acids is 1. The Bertz CT molecular complexity index is 1450. The van der Waals surface area contributed by atoms with Gasteiger partial charge in [0.2, 0.25) is 5.91 Å². The first-order chi connectivity index (χ1) is 20.2. The number of fused-ring (bicyclic) bond motifs is 3. The van der Waals surface area contributed by atoms with Crippen LogP contribution in [0, 0.1) is 11.3 Å². The third-order valence-corrected chi connectivity index (χ3v) is 10.1. The number of nitrogens with zero attached hydrogens (tertiary/aromatic N) is 6. The van der Waals surface area contributed by atoms with Crippen LogP contribution in [0.3, 0.4) is 0 Å². The highest BCUT2D eigenvalue weighted by Gasteiger charge is 2.45. The number of rotatable bonds is 6. The molecule has 1 spiro atoms. The van der Waals surface area contributed by atoms with E-state index in [4.69, 9.17) is 37.9 Å². The SMILES string of the molecule is C=CC(=O)N1CCN(c2nc(OCC3CC(F)CN3C)nc3c2CCC2(CCc4cc(Cl)cc(Cl)c42)C3)CC1CC#N. The van der Waals surface area contributed by atoms with Crippen molar-refractivity contribution >= 4 is 34.9 Å². The molecule has 2 aliphatic carbocycles. The number of piperazine rings is 1. The van der Waals surface area contributed by atoms with Crippen LogP contribution in [0.1, 0.15) is 48.1 Å². The summed E-state index contributed by atoms with van der Waals surface area (Å²) in [7, 11) is 1.91. The summed E-state index contributed by atoms with van der Waals surface area (Å²) in [6.07, 6.45) is 5.34. The van der Waals surface area contributed by atoms with Crippen molar-refractivity contribution in [1.29, 1.82) is 5.26 Å². The van der Waals surface area contributed by atoms with Gasteiger partial charge in [0.15, 0.2) is 0 Å². The van der Waals surface area contributed by atoms with Crippen LogP contribution in [0.15, 0.2) is 24.8 Å². The second kappa shape index (κ2) is 11.6. The zero-order chi connectivity index (χ0) is 29.6. The molecule has 3 heterocycles. The first-order valence-electron chi connectivity index (χ1n) is 14.6. The number of likely N-dealkylation sites (tertiary alicyclic amines) is 1. The van der Waals surface area contributed by atoms with E-state index < -0.39 is 6.17 Å². The fraction of sp³-hybridized carbons (Fsp3) is 0.548. The maximum Gasteiger partial charge on any atom is 0.318 e. The van der Waals surface area contributed by atoms with E-state index in [1.54, 1.807) is 4.90 Å². The Balaban J connectivity index is 1.35. The van der Waals surface area contributed by atoms with Crippen molar-refractivity contribution in [2.24, 2.45) is 0 Å². The van der Waals surface area contributed by atoms with E-state index in [2.05, 4.69) is 17.5 Å². The lowest BCUT2D eigenvalue weighted by Gasteiger charge is -2.42. The number of halogens is 3. The molecular formula is C31H35Cl2FN6O2. The normalized spacial score (nSPS) is 27.1. The summed E-state index contributed by atoms with van der Waals surface area (Å²) in [5, 5.41) is 10.9. The van der Waals surface area contributed by atoms with Crippen LogP contribution < -0.4 is 9.64 Å². The summed E-state index contributed by atoms with van der Waals surface area (Å²) in [6.45, 7) is 5.83. The molecule has 2 aromatic rings. The predicted molar refractivity (Wildman–Crippen MR) is 160 cm³/mol. The van der Waals surface area contributed by atoms with Crippen LogP contribution >= 0.6 is 23.2 Å².